The zero-order chi connectivity index (χ0) is 11.8. The Morgan fingerprint density at radius 2 is 2.29 bits per heavy atom. The molecule has 3 rings (SSSR count). The van der Waals surface area contributed by atoms with Gasteiger partial charge < -0.3 is 10.0 Å². The molecule has 1 N–H and O–H groups in total. The summed E-state index contributed by atoms with van der Waals surface area (Å²) in [6.45, 7) is 0.959. The van der Waals surface area contributed by atoms with Gasteiger partial charge in [0.1, 0.15) is 12.1 Å². The van der Waals surface area contributed by atoms with Crippen molar-refractivity contribution in [2.45, 2.75) is 18.9 Å². The lowest BCUT2D eigenvalue weighted by Crippen LogP contribution is -2.37. The van der Waals surface area contributed by atoms with Gasteiger partial charge >= 0.3 is 0 Å². The molecule has 0 spiro atoms. The Hall–Kier alpha value is -1.20. The zero-order valence-electron chi connectivity index (χ0n) is 9.71. The lowest BCUT2D eigenvalue weighted by Gasteiger charge is -2.34. The third-order valence-corrected chi connectivity index (χ3v) is 4.23. The van der Waals surface area contributed by atoms with Crippen LogP contribution < -0.4 is 4.90 Å². The van der Waals surface area contributed by atoms with E-state index < -0.39 is 0 Å². The molecular formula is C12H15N3OS. The van der Waals surface area contributed by atoms with Crippen molar-refractivity contribution in [1.29, 1.82) is 0 Å². The Morgan fingerprint density at radius 1 is 1.47 bits per heavy atom. The highest BCUT2D eigenvalue weighted by atomic mass is 32.1. The van der Waals surface area contributed by atoms with E-state index in [-0.39, 0.29) is 6.10 Å². The van der Waals surface area contributed by atoms with Gasteiger partial charge in [-0.2, -0.15) is 0 Å². The fourth-order valence-electron chi connectivity index (χ4n) is 2.37. The van der Waals surface area contributed by atoms with Crippen LogP contribution in [0.4, 0.5) is 5.82 Å². The lowest BCUT2D eigenvalue weighted by atomic mass is 9.82. The van der Waals surface area contributed by atoms with Crippen LogP contribution in [-0.2, 0) is 0 Å². The lowest BCUT2D eigenvalue weighted by molar-refractivity contribution is 0.0464. The van der Waals surface area contributed by atoms with Gasteiger partial charge in [-0.15, -0.1) is 11.3 Å². The number of anilines is 1. The van der Waals surface area contributed by atoms with Crippen LogP contribution >= 0.6 is 11.3 Å². The standard InChI is InChI=1S/C12H15N3OS/c1-15(6-8-4-9(16)5-8)12-11-10(2-3-17-11)13-7-14-12/h2-3,7-9,16H,4-6H2,1H3. The van der Waals surface area contributed by atoms with Gasteiger partial charge in [-0.25, -0.2) is 9.97 Å². The molecule has 0 radical (unpaired) electrons. The first kappa shape index (κ1) is 10.9. The van der Waals surface area contributed by atoms with Gasteiger partial charge in [0.25, 0.3) is 0 Å². The van der Waals surface area contributed by atoms with Crippen LogP contribution in [-0.4, -0.2) is 34.8 Å². The maximum absolute atomic E-state index is 9.30. The molecule has 17 heavy (non-hydrogen) atoms. The summed E-state index contributed by atoms with van der Waals surface area (Å²) in [6, 6.07) is 2.02. The predicted molar refractivity (Wildman–Crippen MR) is 69.4 cm³/mol. The Bertz CT molecular complexity index is 521. The monoisotopic (exact) mass is 249 g/mol. The average Bonchev–Trinajstić information content (AvgIpc) is 2.74. The molecule has 0 bridgehead atoms. The van der Waals surface area contributed by atoms with Gasteiger partial charge in [0, 0.05) is 13.6 Å². The van der Waals surface area contributed by atoms with Gasteiger partial charge in [0.05, 0.1) is 16.3 Å². The van der Waals surface area contributed by atoms with Crippen molar-refractivity contribution in [1.82, 2.24) is 9.97 Å². The molecule has 0 unspecified atom stereocenters. The first-order chi connectivity index (χ1) is 8.24. The minimum Gasteiger partial charge on any atom is -0.393 e. The molecule has 90 valence electrons. The molecule has 1 aliphatic carbocycles. The van der Waals surface area contributed by atoms with Crippen molar-refractivity contribution in [2.24, 2.45) is 5.92 Å². The zero-order valence-corrected chi connectivity index (χ0v) is 10.5. The second-order valence-electron chi connectivity index (χ2n) is 4.70. The van der Waals surface area contributed by atoms with Crippen LogP contribution in [0.25, 0.3) is 10.2 Å². The summed E-state index contributed by atoms with van der Waals surface area (Å²) >= 11 is 1.68. The fourth-order valence-corrected chi connectivity index (χ4v) is 3.26. The minimum absolute atomic E-state index is 0.0828. The third-order valence-electron chi connectivity index (χ3n) is 3.33. The van der Waals surface area contributed by atoms with Crippen LogP contribution in [0.5, 0.6) is 0 Å². The molecule has 2 aromatic heterocycles. The van der Waals surface area contributed by atoms with Crippen molar-refractivity contribution in [3.8, 4) is 0 Å². The summed E-state index contributed by atoms with van der Waals surface area (Å²) in [5.41, 5.74) is 1.01. The molecule has 2 aromatic rings. The minimum atomic E-state index is -0.0828. The molecule has 4 nitrogen and oxygen atoms in total. The van der Waals surface area contributed by atoms with Crippen LogP contribution in [0.1, 0.15) is 12.8 Å². The first-order valence-corrected chi connectivity index (χ1v) is 6.69. The van der Waals surface area contributed by atoms with E-state index in [2.05, 4.69) is 21.9 Å². The van der Waals surface area contributed by atoms with Crippen molar-refractivity contribution in [2.75, 3.05) is 18.5 Å². The summed E-state index contributed by atoms with van der Waals surface area (Å²) in [6.07, 6.45) is 3.38. The number of aliphatic hydroxyl groups excluding tert-OH is 1. The van der Waals surface area contributed by atoms with Gasteiger partial charge in [-0.05, 0) is 30.2 Å². The highest BCUT2D eigenvalue weighted by molar-refractivity contribution is 7.17. The molecule has 1 saturated carbocycles. The van der Waals surface area contributed by atoms with Crippen molar-refractivity contribution < 1.29 is 5.11 Å². The van der Waals surface area contributed by atoms with E-state index in [9.17, 15) is 5.11 Å². The normalized spacial score (nSPS) is 23.6. The van der Waals surface area contributed by atoms with E-state index in [0.717, 1.165) is 35.4 Å². The van der Waals surface area contributed by atoms with E-state index in [1.54, 1.807) is 17.7 Å². The summed E-state index contributed by atoms with van der Waals surface area (Å²) in [5.74, 6) is 1.60. The maximum atomic E-state index is 9.30. The Balaban J connectivity index is 1.80. The van der Waals surface area contributed by atoms with Crippen molar-refractivity contribution in [3.63, 3.8) is 0 Å². The second kappa shape index (κ2) is 4.23. The van der Waals surface area contributed by atoms with Gasteiger partial charge in [-0.1, -0.05) is 0 Å². The molecule has 0 amide bonds. The SMILES string of the molecule is CN(CC1CC(O)C1)c1ncnc2ccsc12. The summed E-state index contributed by atoms with van der Waals surface area (Å²) in [7, 11) is 2.06. The average molecular weight is 249 g/mol. The Kier molecular flexibility index (Phi) is 2.72. The number of hydrogen-bond donors (Lipinski definition) is 1. The highest BCUT2D eigenvalue weighted by Crippen LogP contribution is 2.31. The van der Waals surface area contributed by atoms with E-state index in [4.69, 9.17) is 0 Å². The number of nitrogens with zero attached hydrogens (tertiary/aromatic N) is 3. The van der Waals surface area contributed by atoms with Crippen LogP contribution in [0, 0.1) is 5.92 Å². The van der Waals surface area contributed by atoms with Crippen LogP contribution in [0.2, 0.25) is 0 Å². The largest absolute Gasteiger partial charge is 0.393 e. The first-order valence-electron chi connectivity index (χ1n) is 5.81. The molecule has 0 atom stereocenters. The second-order valence-corrected chi connectivity index (χ2v) is 5.62. The molecule has 1 aliphatic rings. The third kappa shape index (κ3) is 2.00. The summed E-state index contributed by atoms with van der Waals surface area (Å²) in [5, 5.41) is 11.3. The van der Waals surface area contributed by atoms with Gasteiger partial charge in [0.15, 0.2) is 0 Å². The summed E-state index contributed by atoms with van der Waals surface area (Å²) < 4.78 is 1.15. The number of hydrogen-bond acceptors (Lipinski definition) is 5. The molecule has 0 saturated heterocycles. The number of rotatable bonds is 3. The van der Waals surface area contributed by atoms with Crippen LogP contribution in [0.3, 0.4) is 0 Å². The Labute approximate surface area is 104 Å². The maximum Gasteiger partial charge on any atom is 0.149 e. The highest BCUT2D eigenvalue weighted by Gasteiger charge is 2.28. The number of thiophene rings is 1. The van der Waals surface area contributed by atoms with E-state index >= 15 is 0 Å². The number of aromatic nitrogens is 2. The molecule has 2 heterocycles. The van der Waals surface area contributed by atoms with E-state index in [0.29, 0.717) is 5.92 Å². The van der Waals surface area contributed by atoms with E-state index in [1.165, 1.54) is 0 Å². The van der Waals surface area contributed by atoms with Gasteiger partial charge in [0.2, 0.25) is 0 Å². The summed E-state index contributed by atoms with van der Waals surface area (Å²) in [4.78, 5) is 10.8. The Morgan fingerprint density at radius 3 is 3.06 bits per heavy atom. The van der Waals surface area contributed by atoms with Crippen molar-refractivity contribution in [3.05, 3.63) is 17.8 Å². The van der Waals surface area contributed by atoms with Crippen LogP contribution in [0.15, 0.2) is 17.8 Å². The van der Waals surface area contributed by atoms with Crippen molar-refractivity contribution >= 4 is 27.4 Å². The smallest absolute Gasteiger partial charge is 0.149 e. The van der Waals surface area contributed by atoms with E-state index in [1.807, 2.05) is 11.4 Å². The topological polar surface area (TPSA) is 49.2 Å². The predicted octanol–water partition coefficient (Wildman–Crippen LogP) is 1.90. The molecule has 5 heteroatoms. The molecular weight excluding hydrogens is 234 g/mol. The number of aliphatic hydroxyl groups is 1. The molecule has 0 aromatic carbocycles. The quantitative estimate of drug-likeness (QED) is 0.902. The fraction of sp³-hybridized carbons (Fsp3) is 0.500. The molecule has 0 aliphatic heterocycles. The number of fused-ring (bicyclic) bond motifs is 1. The molecule has 1 fully saturated rings. The van der Waals surface area contributed by atoms with Gasteiger partial charge in [-0.3, -0.25) is 0 Å².